The molecule has 1 amide bonds. The standard InChI is InChI=1S/C26H22N6O2S/c1-35-22-10-4-17(5-11-22)15-27-25(33)21-9-8-19-12-13-32(26(34)23(19)14-21)16-18-2-6-20(7-3-18)24-28-30-31-29-24/h2-14H,15-16H2,1H3,(H,27,33)(H,28,29,30,31). The van der Waals surface area contributed by atoms with Crippen molar-refractivity contribution in [2.75, 3.05) is 6.26 Å². The molecule has 0 saturated heterocycles. The summed E-state index contributed by atoms with van der Waals surface area (Å²) in [6.07, 6.45) is 3.80. The zero-order valence-corrected chi connectivity index (χ0v) is 19.7. The predicted molar refractivity (Wildman–Crippen MR) is 136 cm³/mol. The number of rotatable bonds is 7. The summed E-state index contributed by atoms with van der Waals surface area (Å²) < 4.78 is 1.64. The molecule has 0 fully saturated rings. The van der Waals surface area contributed by atoms with Crippen LogP contribution in [0.3, 0.4) is 0 Å². The number of aromatic nitrogens is 5. The second-order valence-electron chi connectivity index (χ2n) is 8.01. The average molecular weight is 483 g/mol. The highest BCUT2D eigenvalue weighted by Crippen LogP contribution is 2.17. The van der Waals surface area contributed by atoms with E-state index in [0.29, 0.717) is 29.9 Å². The fourth-order valence-corrected chi connectivity index (χ4v) is 4.22. The number of carbonyl (C=O) groups excluding carboxylic acids is 1. The Kier molecular flexibility index (Phi) is 6.40. The van der Waals surface area contributed by atoms with Gasteiger partial charge in [0.2, 0.25) is 5.82 Å². The molecule has 0 aliphatic rings. The second-order valence-corrected chi connectivity index (χ2v) is 8.89. The van der Waals surface area contributed by atoms with Crippen molar-refractivity contribution in [3.8, 4) is 11.4 Å². The summed E-state index contributed by atoms with van der Waals surface area (Å²) in [6, 6.07) is 22.8. The number of hydrogen-bond acceptors (Lipinski definition) is 6. The topological polar surface area (TPSA) is 106 Å². The van der Waals surface area contributed by atoms with E-state index in [0.717, 1.165) is 22.1 Å². The van der Waals surface area contributed by atoms with Crippen LogP contribution >= 0.6 is 11.8 Å². The van der Waals surface area contributed by atoms with E-state index in [-0.39, 0.29) is 11.5 Å². The quantitative estimate of drug-likeness (QED) is 0.341. The van der Waals surface area contributed by atoms with Gasteiger partial charge in [0, 0.05) is 34.2 Å². The monoisotopic (exact) mass is 482 g/mol. The number of hydrogen-bond donors (Lipinski definition) is 2. The van der Waals surface area contributed by atoms with Gasteiger partial charge in [-0.1, -0.05) is 42.5 Å². The molecule has 174 valence electrons. The van der Waals surface area contributed by atoms with E-state index in [2.05, 4.69) is 25.9 Å². The van der Waals surface area contributed by atoms with Crippen molar-refractivity contribution in [2.45, 2.75) is 18.0 Å². The molecule has 8 nitrogen and oxygen atoms in total. The Morgan fingerprint density at radius 1 is 1.00 bits per heavy atom. The fraction of sp³-hybridized carbons (Fsp3) is 0.115. The maximum absolute atomic E-state index is 13.2. The number of nitrogens with one attached hydrogen (secondary N) is 2. The summed E-state index contributed by atoms with van der Waals surface area (Å²) in [6.45, 7) is 0.828. The number of aromatic amines is 1. The molecule has 0 unspecified atom stereocenters. The smallest absolute Gasteiger partial charge is 0.258 e. The fourth-order valence-electron chi connectivity index (χ4n) is 3.81. The minimum absolute atomic E-state index is 0.146. The van der Waals surface area contributed by atoms with Crippen molar-refractivity contribution >= 4 is 28.4 Å². The lowest BCUT2D eigenvalue weighted by Gasteiger charge is -2.10. The molecule has 35 heavy (non-hydrogen) atoms. The number of benzene rings is 3. The molecule has 5 rings (SSSR count). The maximum atomic E-state index is 13.2. The molecule has 0 saturated carbocycles. The third-order valence-electron chi connectivity index (χ3n) is 5.76. The lowest BCUT2D eigenvalue weighted by Crippen LogP contribution is -2.24. The first-order valence-electron chi connectivity index (χ1n) is 11.0. The largest absolute Gasteiger partial charge is 0.348 e. The minimum atomic E-state index is -0.215. The van der Waals surface area contributed by atoms with Gasteiger partial charge in [-0.2, -0.15) is 5.21 Å². The van der Waals surface area contributed by atoms with Crippen molar-refractivity contribution in [3.05, 3.63) is 106 Å². The summed E-state index contributed by atoms with van der Waals surface area (Å²) in [5.41, 5.74) is 3.12. The normalized spacial score (nSPS) is 11.0. The van der Waals surface area contributed by atoms with E-state index >= 15 is 0 Å². The Labute approximate surface area is 205 Å². The Balaban J connectivity index is 1.33. The molecule has 5 aromatic rings. The number of nitrogens with zero attached hydrogens (tertiary/aromatic N) is 4. The molecule has 0 aliphatic carbocycles. The Morgan fingerprint density at radius 2 is 1.77 bits per heavy atom. The molecule has 2 aromatic heterocycles. The lowest BCUT2D eigenvalue weighted by atomic mass is 10.1. The maximum Gasteiger partial charge on any atom is 0.258 e. The van der Waals surface area contributed by atoms with Gasteiger partial charge in [-0.15, -0.1) is 22.0 Å². The van der Waals surface area contributed by atoms with Crippen molar-refractivity contribution in [3.63, 3.8) is 0 Å². The third kappa shape index (κ3) is 4.99. The van der Waals surface area contributed by atoms with E-state index in [1.54, 1.807) is 34.7 Å². The van der Waals surface area contributed by atoms with E-state index < -0.39 is 0 Å². The molecule has 0 aliphatic heterocycles. The van der Waals surface area contributed by atoms with Gasteiger partial charge in [-0.3, -0.25) is 9.59 Å². The predicted octanol–water partition coefficient (Wildman–Crippen LogP) is 3.88. The van der Waals surface area contributed by atoms with Gasteiger partial charge in [-0.05, 0) is 58.3 Å². The third-order valence-corrected chi connectivity index (χ3v) is 6.51. The number of thioether (sulfide) groups is 1. The molecule has 3 aromatic carbocycles. The minimum Gasteiger partial charge on any atom is -0.348 e. The first-order chi connectivity index (χ1) is 17.1. The summed E-state index contributed by atoms with van der Waals surface area (Å²) in [7, 11) is 0. The highest BCUT2D eigenvalue weighted by atomic mass is 32.2. The molecule has 0 bridgehead atoms. The first-order valence-corrected chi connectivity index (χ1v) is 12.2. The van der Waals surface area contributed by atoms with E-state index in [1.165, 1.54) is 4.90 Å². The van der Waals surface area contributed by atoms with Crippen molar-refractivity contribution in [2.24, 2.45) is 0 Å². The van der Waals surface area contributed by atoms with Crippen LogP contribution in [0.25, 0.3) is 22.2 Å². The molecule has 0 atom stereocenters. The summed E-state index contributed by atoms with van der Waals surface area (Å²) in [4.78, 5) is 27.1. The molecule has 9 heteroatoms. The van der Waals surface area contributed by atoms with Crippen molar-refractivity contribution in [1.29, 1.82) is 0 Å². The van der Waals surface area contributed by atoms with Gasteiger partial charge in [0.1, 0.15) is 0 Å². The second kappa shape index (κ2) is 9.94. The highest BCUT2D eigenvalue weighted by Gasteiger charge is 2.10. The number of amides is 1. The van der Waals surface area contributed by atoms with Crippen LogP contribution in [0.5, 0.6) is 0 Å². The van der Waals surface area contributed by atoms with E-state index in [9.17, 15) is 9.59 Å². The van der Waals surface area contributed by atoms with Gasteiger partial charge < -0.3 is 9.88 Å². The summed E-state index contributed by atoms with van der Waals surface area (Å²) >= 11 is 1.68. The van der Waals surface area contributed by atoms with E-state index in [1.807, 2.05) is 66.9 Å². The number of tetrazole rings is 1. The average Bonchev–Trinajstić information content (AvgIpc) is 3.45. The van der Waals surface area contributed by atoms with Crippen LogP contribution < -0.4 is 10.9 Å². The number of carbonyl (C=O) groups is 1. The number of H-pyrrole nitrogens is 1. The van der Waals surface area contributed by atoms with Crippen molar-refractivity contribution in [1.82, 2.24) is 30.5 Å². The van der Waals surface area contributed by atoms with Gasteiger partial charge in [0.05, 0.1) is 6.54 Å². The van der Waals surface area contributed by atoms with Crippen LogP contribution in [0, 0.1) is 0 Å². The van der Waals surface area contributed by atoms with Gasteiger partial charge in [0.15, 0.2) is 0 Å². The Hall–Kier alpha value is -4.24. The first kappa shape index (κ1) is 22.5. The zero-order valence-electron chi connectivity index (χ0n) is 18.9. The summed E-state index contributed by atoms with van der Waals surface area (Å²) in [5.74, 6) is 0.301. The van der Waals surface area contributed by atoms with Crippen LogP contribution in [0.1, 0.15) is 21.5 Å². The van der Waals surface area contributed by atoms with E-state index in [4.69, 9.17) is 0 Å². The SMILES string of the molecule is CSc1ccc(CNC(=O)c2ccc3ccn(Cc4ccc(-c5nn[nH]n5)cc4)c(=O)c3c2)cc1. The van der Waals surface area contributed by atoms with Crippen LogP contribution in [0.15, 0.2) is 88.7 Å². The van der Waals surface area contributed by atoms with Gasteiger partial charge in [-0.25, -0.2) is 0 Å². The molecule has 2 heterocycles. The van der Waals surface area contributed by atoms with Gasteiger partial charge >= 0.3 is 0 Å². The van der Waals surface area contributed by atoms with Crippen molar-refractivity contribution < 1.29 is 4.79 Å². The molecular formula is C26H22N6O2S. The molecule has 0 radical (unpaired) electrons. The Bertz CT molecular complexity index is 1530. The highest BCUT2D eigenvalue weighted by molar-refractivity contribution is 7.98. The van der Waals surface area contributed by atoms with Crippen LogP contribution in [0.4, 0.5) is 0 Å². The number of pyridine rings is 1. The molecule has 2 N–H and O–H groups in total. The molecule has 0 spiro atoms. The van der Waals surface area contributed by atoms with Gasteiger partial charge in [0.25, 0.3) is 11.5 Å². The zero-order chi connectivity index (χ0) is 24.2. The lowest BCUT2D eigenvalue weighted by molar-refractivity contribution is 0.0951. The van der Waals surface area contributed by atoms with Crippen LogP contribution in [-0.4, -0.2) is 37.4 Å². The Morgan fingerprint density at radius 3 is 2.49 bits per heavy atom. The molecular weight excluding hydrogens is 460 g/mol. The van der Waals surface area contributed by atoms with Crippen LogP contribution in [-0.2, 0) is 13.1 Å². The van der Waals surface area contributed by atoms with Crippen LogP contribution in [0.2, 0.25) is 0 Å². The number of fused-ring (bicyclic) bond motifs is 1. The summed E-state index contributed by atoms with van der Waals surface area (Å²) in [5, 5.41) is 18.2.